The first kappa shape index (κ1) is 18.4. The number of amides is 3. The van der Waals surface area contributed by atoms with Crippen molar-refractivity contribution in [2.24, 2.45) is 0 Å². The Balaban J connectivity index is 1.66. The first-order valence-electron chi connectivity index (χ1n) is 8.03. The number of thioether (sulfide) groups is 1. The summed E-state index contributed by atoms with van der Waals surface area (Å²) in [6.45, 7) is 2.18. The number of thiophene rings is 1. The van der Waals surface area contributed by atoms with Crippen molar-refractivity contribution in [2.75, 3.05) is 13.6 Å². The third-order valence-electron chi connectivity index (χ3n) is 4.08. The number of rotatable bonds is 5. The minimum absolute atomic E-state index is 0.241. The van der Waals surface area contributed by atoms with E-state index in [9.17, 15) is 14.4 Å². The Morgan fingerprint density at radius 1 is 1.19 bits per heavy atom. The highest BCUT2D eigenvalue weighted by Gasteiger charge is 2.36. The maximum atomic E-state index is 12.5. The van der Waals surface area contributed by atoms with E-state index in [1.807, 2.05) is 48.7 Å². The summed E-state index contributed by atoms with van der Waals surface area (Å²) in [4.78, 5) is 40.9. The van der Waals surface area contributed by atoms with Gasteiger partial charge in [0.1, 0.15) is 6.54 Å². The minimum atomic E-state index is -0.411. The molecule has 1 aliphatic rings. The lowest BCUT2D eigenvalue weighted by atomic mass is 10.1. The van der Waals surface area contributed by atoms with Crippen LogP contribution in [0.4, 0.5) is 4.79 Å². The summed E-state index contributed by atoms with van der Waals surface area (Å²) >= 11 is 2.36. The van der Waals surface area contributed by atoms with E-state index in [0.29, 0.717) is 11.4 Å². The van der Waals surface area contributed by atoms with Crippen LogP contribution >= 0.6 is 23.1 Å². The summed E-state index contributed by atoms with van der Waals surface area (Å²) in [6.07, 6.45) is 1.69. The highest BCUT2D eigenvalue weighted by molar-refractivity contribution is 8.18. The van der Waals surface area contributed by atoms with Crippen molar-refractivity contribution in [3.05, 3.63) is 62.7 Å². The summed E-state index contributed by atoms with van der Waals surface area (Å²) in [5, 5.41) is 1.50. The molecule has 0 spiro atoms. The van der Waals surface area contributed by atoms with E-state index in [4.69, 9.17) is 0 Å². The molecule has 1 aliphatic heterocycles. The number of hydrogen-bond acceptors (Lipinski definition) is 5. The third-order valence-corrected chi connectivity index (χ3v) is 5.80. The Kier molecular flexibility index (Phi) is 5.58. The maximum Gasteiger partial charge on any atom is 0.294 e. The van der Waals surface area contributed by atoms with E-state index >= 15 is 0 Å². The van der Waals surface area contributed by atoms with Gasteiger partial charge >= 0.3 is 0 Å². The number of nitrogens with zero attached hydrogens (tertiary/aromatic N) is 2. The molecule has 0 unspecified atom stereocenters. The SMILES string of the molecule is Cc1ccccc1CN(C)C(=O)CN1C(=O)S/C(=C\c2cccs2)C1=O. The number of benzene rings is 1. The van der Waals surface area contributed by atoms with Crippen molar-refractivity contribution in [3.8, 4) is 0 Å². The van der Waals surface area contributed by atoms with Crippen LogP contribution in [0.1, 0.15) is 16.0 Å². The molecule has 1 saturated heterocycles. The lowest BCUT2D eigenvalue weighted by molar-refractivity contribution is -0.135. The average Bonchev–Trinajstić information content (AvgIpc) is 3.21. The van der Waals surface area contributed by atoms with Crippen LogP contribution in [0.5, 0.6) is 0 Å². The molecule has 5 nitrogen and oxygen atoms in total. The van der Waals surface area contributed by atoms with Gasteiger partial charge in [0.15, 0.2) is 0 Å². The quantitative estimate of drug-likeness (QED) is 0.735. The van der Waals surface area contributed by atoms with Gasteiger partial charge in [0.05, 0.1) is 4.91 Å². The molecular formula is C19H18N2O3S2. The van der Waals surface area contributed by atoms with Gasteiger partial charge in [0, 0.05) is 18.5 Å². The molecule has 2 aromatic rings. The molecule has 26 heavy (non-hydrogen) atoms. The normalized spacial score (nSPS) is 15.8. The fourth-order valence-electron chi connectivity index (χ4n) is 2.53. The van der Waals surface area contributed by atoms with Crippen molar-refractivity contribution in [3.63, 3.8) is 0 Å². The molecule has 134 valence electrons. The second-order valence-corrected chi connectivity index (χ2v) is 7.93. The van der Waals surface area contributed by atoms with Crippen LogP contribution < -0.4 is 0 Å². The average molecular weight is 386 g/mol. The molecule has 3 rings (SSSR count). The third kappa shape index (κ3) is 4.05. The Bertz CT molecular complexity index is 875. The fourth-order valence-corrected chi connectivity index (χ4v) is 4.09. The lowest BCUT2D eigenvalue weighted by Gasteiger charge is -2.21. The monoisotopic (exact) mass is 386 g/mol. The molecule has 3 amide bonds. The number of hydrogen-bond donors (Lipinski definition) is 0. The summed E-state index contributed by atoms with van der Waals surface area (Å²) in [6, 6.07) is 11.6. The first-order valence-corrected chi connectivity index (χ1v) is 9.72. The van der Waals surface area contributed by atoms with Crippen LogP contribution in [0.25, 0.3) is 6.08 Å². The van der Waals surface area contributed by atoms with Crippen LogP contribution in [-0.2, 0) is 16.1 Å². The van der Waals surface area contributed by atoms with Crippen LogP contribution in [-0.4, -0.2) is 40.4 Å². The predicted molar refractivity (Wildman–Crippen MR) is 105 cm³/mol. The molecule has 1 aromatic heterocycles. The van der Waals surface area contributed by atoms with E-state index in [1.54, 1.807) is 13.1 Å². The lowest BCUT2D eigenvalue weighted by Crippen LogP contribution is -2.40. The van der Waals surface area contributed by atoms with Crippen LogP contribution in [0.2, 0.25) is 0 Å². The van der Waals surface area contributed by atoms with E-state index < -0.39 is 11.1 Å². The largest absolute Gasteiger partial charge is 0.340 e. The van der Waals surface area contributed by atoms with Gasteiger partial charge in [-0.2, -0.15) is 0 Å². The van der Waals surface area contributed by atoms with Crippen LogP contribution in [0, 0.1) is 6.92 Å². The zero-order chi connectivity index (χ0) is 18.7. The van der Waals surface area contributed by atoms with Crippen LogP contribution in [0.15, 0.2) is 46.7 Å². The molecule has 0 radical (unpaired) electrons. The second kappa shape index (κ2) is 7.88. The van der Waals surface area contributed by atoms with Gasteiger partial charge in [-0.25, -0.2) is 0 Å². The first-order chi connectivity index (χ1) is 12.5. The Morgan fingerprint density at radius 2 is 1.96 bits per heavy atom. The van der Waals surface area contributed by atoms with E-state index in [2.05, 4.69) is 0 Å². The Morgan fingerprint density at radius 3 is 2.65 bits per heavy atom. The summed E-state index contributed by atoms with van der Waals surface area (Å²) in [5.74, 6) is -0.682. The van der Waals surface area contributed by atoms with Gasteiger partial charge in [0.25, 0.3) is 11.1 Å². The van der Waals surface area contributed by atoms with Crippen molar-refractivity contribution >= 4 is 46.2 Å². The summed E-state index contributed by atoms with van der Waals surface area (Å²) in [5.41, 5.74) is 2.13. The Hall–Kier alpha value is -2.38. The molecule has 7 heteroatoms. The zero-order valence-corrected chi connectivity index (χ0v) is 16.1. The zero-order valence-electron chi connectivity index (χ0n) is 14.5. The molecule has 1 aromatic carbocycles. The topological polar surface area (TPSA) is 57.7 Å². The van der Waals surface area contributed by atoms with Gasteiger partial charge in [-0.3, -0.25) is 19.3 Å². The highest BCUT2D eigenvalue weighted by Crippen LogP contribution is 2.32. The molecule has 0 atom stereocenters. The fraction of sp³-hybridized carbons (Fsp3) is 0.211. The van der Waals surface area contributed by atoms with E-state index in [0.717, 1.165) is 32.7 Å². The summed E-state index contributed by atoms with van der Waals surface area (Å²) in [7, 11) is 1.68. The van der Waals surface area contributed by atoms with Gasteiger partial charge in [-0.15, -0.1) is 11.3 Å². The highest BCUT2D eigenvalue weighted by atomic mass is 32.2. The molecule has 1 fully saturated rings. The van der Waals surface area contributed by atoms with Crippen molar-refractivity contribution < 1.29 is 14.4 Å². The predicted octanol–water partition coefficient (Wildman–Crippen LogP) is 3.75. The van der Waals surface area contributed by atoms with Crippen molar-refractivity contribution in [1.29, 1.82) is 0 Å². The number of carbonyl (C=O) groups is 3. The van der Waals surface area contributed by atoms with Crippen molar-refractivity contribution in [1.82, 2.24) is 9.80 Å². The molecule has 0 bridgehead atoms. The van der Waals surface area contributed by atoms with Gasteiger partial charge in [0.2, 0.25) is 5.91 Å². The van der Waals surface area contributed by atoms with Gasteiger partial charge in [-0.05, 0) is 47.3 Å². The second-order valence-electron chi connectivity index (χ2n) is 5.96. The number of imide groups is 1. The number of aryl methyl sites for hydroxylation is 1. The molecular weight excluding hydrogens is 368 g/mol. The van der Waals surface area contributed by atoms with Crippen molar-refractivity contribution in [2.45, 2.75) is 13.5 Å². The summed E-state index contributed by atoms with van der Waals surface area (Å²) < 4.78 is 0. The molecule has 0 aliphatic carbocycles. The molecule has 0 N–H and O–H groups in total. The van der Waals surface area contributed by atoms with E-state index in [-0.39, 0.29) is 12.5 Å². The Labute approximate surface area is 160 Å². The minimum Gasteiger partial charge on any atom is -0.340 e. The van der Waals surface area contributed by atoms with Gasteiger partial charge < -0.3 is 4.90 Å². The molecule has 0 saturated carbocycles. The molecule has 2 heterocycles. The standard InChI is InChI=1S/C19H18N2O3S2/c1-13-6-3-4-7-14(13)11-20(2)17(22)12-21-18(23)16(26-19(21)24)10-15-8-5-9-25-15/h3-10H,11-12H2,1-2H3/b16-10-. The van der Waals surface area contributed by atoms with Crippen LogP contribution in [0.3, 0.4) is 0 Å². The van der Waals surface area contributed by atoms with Gasteiger partial charge in [-0.1, -0.05) is 30.3 Å². The number of likely N-dealkylation sites (N-methyl/N-ethyl adjacent to an activating group) is 1. The van der Waals surface area contributed by atoms with E-state index in [1.165, 1.54) is 16.2 Å². The number of carbonyl (C=O) groups excluding carboxylic acids is 3. The maximum absolute atomic E-state index is 12.5. The smallest absolute Gasteiger partial charge is 0.294 e.